The second-order valence-corrected chi connectivity index (χ2v) is 8.11. The molecule has 32 heavy (non-hydrogen) atoms. The van der Waals surface area contributed by atoms with Crippen molar-refractivity contribution in [1.29, 1.82) is 0 Å². The first-order chi connectivity index (χ1) is 15.6. The Morgan fingerprint density at radius 2 is 1.38 bits per heavy atom. The van der Waals surface area contributed by atoms with Gasteiger partial charge in [-0.3, -0.25) is 4.90 Å². The molecule has 1 aliphatic rings. The predicted octanol–water partition coefficient (Wildman–Crippen LogP) is 5.23. The molecule has 2 atom stereocenters. The molecule has 5 heteroatoms. The maximum atomic E-state index is 5.63. The molecule has 3 aromatic carbocycles. The van der Waals surface area contributed by atoms with Gasteiger partial charge in [-0.05, 0) is 66.4 Å². The molecule has 0 fully saturated rings. The van der Waals surface area contributed by atoms with Crippen molar-refractivity contribution < 1.29 is 18.9 Å². The largest absolute Gasteiger partial charge is 0.493 e. The molecule has 0 amide bonds. The van der Waals surface area contributed by atoms with Gasteiger partial charge in [0.1, 0.15) is 0 Å². The summed E-state index contributed by atoms with van der Waals surface area (Å²) in [7, 11) is 8.92. The molecule has 5 nitrogen and oxygen atoms in total. The first kappa shape index (κ1) is 22.0. The van der Waals surface area contributed by atoms with Crippen LogP contribution >= 0.6 is 0 Å². The van der Waals surface area contributed by atoms with E-state index in [1.165, 1.54) is 22.3 Å². The van der Waals surface area contributed by atoms with Crippen LogP contribution in [0.3, 0.4) is 0 Å². The highest BCUT2D eigenvalue weighted by molar-refractivity contribution is 5.51. The molecule has 0 spiro atoms. The quantitative estimate of drug-likeness (QED) is 0.510. The van der Waals surface area contributed by atoms with Crippen LogP contribution in [0.1, 0.15) is 34.3 Å². The van der Waals surface area contributed by atoms with Crippen LogP contribution in [0.5, 0.6) is 23.0 Å². The average molecular weight is 434 g/mol. The van der Waals surface area contributed by atoms with E-state index in [0.717, 1.165) is 35.8 Å². The number of ether oxygens (including phenoxy) is 4. The highest BCUT2D eigenvalue weighted by Gasteiger charge is 2.34. The van der Waals surface area contributed by atoms with Crippen molar-refractivity contribution in [1.82, 2.24) is 4.90 Å². The van der Waals surface area contributed by atoms with Gasteiger partial charge < -0.3 is 18.9 Å². The third kappa shape index (κ3) is 4.13. The van der Waals surface area contributed by atoms with E-state index in [-0.39, 0.29) is 12.1 Å². The molecule has 1 heterocycles. The Bertz CT molecular complexity index is 1070. The maximum Gasteiger partial charge on any atom is 0.161 e. The highest BCUT2D eigenvalue weighted by Crippen LogP contribution is 2.45. The molecule has 0 bridgehead atoms. The topological polar surface area (TPSA) is 40.2 Å². The van der Waals surface area contributed by atoms with Gasteiger partial charge in [-0.2, -0.15) is 0 Å². The third-order valence-electron chi connectivity index (χ3n) is 6.46. The van der Waals surface area contributed by atoms with Gasteiger partial charge in [0.15, 0.2) is 23.0 Å². The minimum atomic E-state index is 0.168. The van der Waals surface area contributed by atoms with Gasteiger partial charge in [0, 0.05) is 12.1 Å². The first-order valence-corrected chi connectivity index (χ1v) is 10.8. The number of hydrogen-bond donors (Lipinski definition) is 0. The molecule has 0 unspecified atom stereocenters. The van der Waals surface area contributed by atoms with Gasteiger partial charge in [-0.25, -0.2) is 0 Å². The maximum absolute atomic E-state index is 5.63. The second-order valence-electron chi connectivity index (χ2n) is 8.11. The summed E-state index contributed by atoms with van der Waals surface area (Å²) >= 11 is 0. The minimum absolute atomic E-state index is 0.168. The van der Waals surface area contributed by atoms with E-state index in [1.807, 2.05) is 6.07 Å². The highest BCUT2D eigenvalue weighted by atomic mass is 16.5. The van der Waals surface area contributed by atoms with Gasteiger partial charge in [-0.1, -0.05) is 36.4 Å². The van der Waals surface area contributed by atoms with Gasteiger partial charge in [0.2, 0.25) is 0 Å². The normalized spacial score (nSPS) is 18.0. The molecule has 0 aliphatic carbocycles. The smallest absolute Gasteiger partial charge is 0.161 e. The molecule has 0 N–H and O–H groups in total. The van der Waals surface area contributed by atoms with Gasteiger partial charge in [0.25, 0.3) is 0 Å². The van der Waals surface area contributed by atoms with Crippen LogP contribution < -0.4 is 18.9 Å². The molecular formula is C27H31NO4. The first-order valence-electron chi connectivity index (χ1n) is 10.8. The summed E-state index contributed by atoms with van der Waals surface area (Å²) < 4.78 is 22.2. The van der Waals surface area contributed by atoms with Crippen LogP contribution in [-0.2, 0) is 12.8 Å². The van der Waals surface area contributed by atoms with Gasteiger partial charge in [0.05, 0.1) is 28.4 Å². The van der Waals surface area contributed by atoms with Crippen molar-refractivity contribution in [2.45, 2.75) is 24.9 Å². The summed E-state index contributed by atoms with van der Waals surface area (Å²) in [5.41, 5.74) is 5.06. The molecule has 168 valence electrons. The summed E-state index contributed by atoms with van der Waals surface area (Å²) in [6, 6.07) is 21.6. The molecule has 0 aromatic heterocycles. The van der Waals surface area contributed by atoms with E-state index < -0.39 is 0 Å². The lowest BCUT2D eigenvalue weighted by molar-refractivity contribution is 0.153. The van der Waals surface area contributed by atoms with E-state index in [2.05, 4.69) is 66.5 Å². The Kier molecular flexibility index (Phi) is 6.56. The number of likely N-dealkylation sites (N-methyl/N-ethyl adjacent to an activating group) is 1. The van der Waals surface area contributed by atoms with Crippen molar-refractivity contribution in [2.24, 2.45) is 0 Å². The second kappa shape index (κ2) is 9.53. The zero-order chi connectivity index (χ0) is 22.7. The van der Waals surface area contributed by atoms with Crippen LogP contribution in [0.4, 0.5) is 0 Å². The van der Waals surface area contributed by atoms with E-state index in [1.54, 1.807) is 28.4 Å². The van der Waals surface area contributed by atoms with Crippen molar-refractivity contribution in [3.05, 3.63) is 82.9 Å². The van der Waals surface area contributed by atoms with E-state index in [9.17, 15) is 0 Å². The summed E-state index contributed by atoms with van der Waals surface area (Å²) in [5, 5.41) is 0. The average Bonchev–Trinajstić information content (AvgIpc) is 2.85. The van der Waals surface area contributed by atoms with Crippen LogP contribution in [0.2, 0.25) is 0 Å². The van der Waals surface area contributed by atoms with Crippen molar-refractivity contribution in [2.75, 3.05) is 35.5 Å². The SMILES string of the molecule is COc1ccc(C[C@H]2c3cc(OC)c(OC)cc3C[C@@H](c3ccccc3)N2C)cc1OC. The van der Waals surface area contributed by atoms with Gasteiger partial charge >= 0.3 is 0 Å². The summed E-state index contributed by atoms with van der Waals surface area (Å²) in [4.78, 5) is 2.47. The monoisotopic (exact) mass is 433 g/mol. The van der Waals surface area contributed by atoms with Crippen LogP contribution in [-0.4, -0.2) is 40.4 Å². The molecule has 0 radical (unpaired) electrons. The fraction of sp³-hybridized carbons (Fsp3) is 0.333. The Hall–Kier alpha value is -3.18. The Balaban J connectivity index is 1.78. The van der Waals surface area contributed by atoms with Crippen LogP contribution in [0, 0.1) is 0 Å². The Morgan fingerprint density at radius 1 is 0.750 bits per heavy atom. The summed E-state index contributed by atoms with van der Waals surface area (Å²) in [6.07, 6.45) is 1.75. The van der Waals surface area contributed by atoms with Crippen molar-refractivity contribution in [3.63, 3.8) is 0 Å². The number of methoxy groups -OCH3 is 4. The number of rotatable bonds is 7. The Morgan fingerprint density at radius 3 is 2.03 bits per heavy atom. The number of hydrogen-bond acceptors (Lipinski definition) is 5. The molecule has 0 saturated heterocycles. The van der Waals surface area contributed by atoms with E-state index in [4.69, 9.17) is 18.9 Å². The van der Waals surface area contributed by atoms with Gasteiger partial charge in [-0.15, -0.1) is 0 Å². The standard InChI is InChI=1S/C27H31NO4/c1-28-22(19-9-7-6-8-10-19)15-20-16-26(31-4)27(32-5)17-21(20)23(28)13-18-11-12-24(29-2)25(14-18)30-3/h6-12,14,16-17,22-23H,13,15H2,1-5H3/t22-,23-/m0/s1. The molecule has 1 aliphatic heterocycles. The fourth-order valence-corrected chi connectivity index (χ4v) is 4.73. The zero-order valence-electron chi connectivity index (χ0n) is 19.4. The lowest BCUT2D eigenvalue weighted by atomic mass is 9.83. The predicted molar refractivity (Wildman–Crippen MR) is 126 cm³/mol. The third-order valence-corrected chi connectivity index (χ3v) is 6.46. The van der Waals surface area contributed by atoms with E-state index >= 15 is 0 Å². The fourth-order valence-electron chi connectivity index (χ4n) is 4.73. The summed E-state index contributed by atoms with van der Waals surface area (Å²) in [5.74, 6) is 3.01. The number of fused-ring (bicyclic) bond motifs is 1. The summed E-state index contributed by atoms with van der Waals surface area (Å²) in [6.45, 7) is 0. The molecule has 4 rings (SSSR count). The van der Waals surface area contributed by atoms with Crippen molar-refractivity contribution >= 4 is 0 Å². The lowest BCUT2D eigenvalue weighted by Crippen LogP contribution is -2.36. The number of nitrogens with zero attached hydrogens (tertiary/aromatic N) is 1. The van der Waals surface area contributed by atoms with Crippen LogP contribution in [0.15, 0.2) is 60.7 Å². The van der Waals surface area contributed by atoms with Crippen molar-refractivity contribution in [3.8, 4) is 23.0 Å². The Labute approximate surface area is 190 Å². The van der Waals surface area contributed by atoms with E-state index in [0.29, 0.717) is 0 Å². The lowest BCUT2D eigenvalue weighted by Gasteiger charge is -2.42. The minimum Gasteiger partial charge on any atom is -0.493 e. The molecule has 0 saturated carbocycles. The van der Waals surface area contributed by atoms with Crippen LogP contribution in [0.25, 0.3) is 0 Å². The zero-order valence-corrected chi connectivity index (χ0v) is 19.4. The molecular weight excluding hydrogens is 402 g/mol. The molecule has 3 aromatic rings. The number of benzene rings is 3.